The highest BCUT2D eigenvalue weighted by molar-refractivity contribution is 4.76. The van der Waals surface area contributed by atoms with E-state index in [2.05, 4.69) is 24.3 Å². The maximum absolute atomic E-state index is 5.16. The minimum atomic E-state index is 0.530. The summed E-state index contributed by atoms with van der Waals surface area (Å²) >= 11 is 0. The van der Waals surface area contributed by atoms with Crippen molar-refractivity contribution in [1.82, 2.24) is 10.4 Å². The number of nitrogens with one attached hydrogen (secondary N) is 1. The van der Waals surface area contributed by atoms with Gasteiger partial charge >= 0.3 is 0 Å². The summed E-state index contributed by atoms with van der Waals surface area (Å²) in [7, 11) is 1.77. The predicted molar refractivity (Wildman–Crippen MR) is 49.9 cm³/mol. The summed E-state index contributed by atoms with van der Waals surface area (Å²) < 4.78 is 5.16. The molecule has 1 aliphatic rings. The van der Waals surface area contributed by atoms with Gasteiger partial charge in [-0.2, -0.15) is 0 Å². The monoisotopic (exact) mass is 172 g/mol. The molecule has 1 aliphatic heterocycles. The van der Waals surface area contributed by atoms with Crippen molar-refractivity contribution in [2.75, 3.05) is 20.3 Å². The van der Waals surface area contributed by atoms with Crippen LogP contribution in [0, 0.1) is 0 Å². The first kappa shape index (κ1) is 9.96. The van der Waals surface area contributed by atoms with Crippen LogP contribution in [0.4, 0.5) is 0 Å². The minimum Gasteiger partial charge on any atom is -0.383 e. The van der Waals surface area contributed by atoms with Gasteiger partial charge in [-0.3, -0.25) is 5.43 Å². The van der Waals surface area contributed by atoms with Crippen LogP contribution in [0.1, 0.15) is 26.7 Å². The summed E-state index contributed by atoms with van der Waals surface area (Å²) in [5.74, 6) is 0. The number of ether oxygens (including phenoxy) is 1. The van der Waals surface area contributed by atoms with E-state index >= 15 is 0 Å². The largest absolute Gasteiger partial charge is 0.383 e. The van der Waals surface area contributed by atoms with Crippen molar-refractivity contribution in [3.63, 3.8) is 0 Å². The number of hydrazine groups is 1. The Bertz CT molecular complexity index is 128. The van der Waals surface area contributed by atoms with Crippen LogP contribution < -0.4 is 5.43 Å². The van der Waals surface area contributed by atoms with Gasteiger partial charge in [-0.25, -0.2) is 5.01 Å². The average Bonchev–Trinajstić information content (AvgIpc) is 2.37. The van der Waals surface area contributed by atoms with Gasteiger partial charge in [-0.05, 0) is 26.7 Å². The van der Waals surface area contributed by atoms with E-state index < -0.39 is 0 Å². The summed E-state index contributed by atoms with van der Waals surface area (Å²) in [6.07, 6.45) is 2.54. The second-order valence-electron chi connectivity index (χ2n) is 3.73. The zero-order valence-electron chi connectivity index (χ0n) is 8.34. The highest BCUT2D eigenvalue weighted by atomic mass is 16.5. The molecule has 3 heteroatoms. The smallest absolute Gasteiger partial charge is 0.0632 e. The fourth-order valence-electron chi connectivity index (χ4n) is 1.70. The van der Waals surface area contributed by atoms with Crippen molar-refractivity contribution in [1.29, 1.82) is 0 Å². The van der Waals surface area contributed by atoms with E-state index in [9.17, 15) is 0 Å². The molecule has 1 fully saturated rings. The molecule has 0 aromatic heterocycles. The third-order valence-corrected chi connectivity index (χ3v) is 2.16. The van der Waals surface area contributed by atoms with E-state index in [0.717, 1.165) is 13.2 Å². The summed E-state index contributed by atoms with van der Waals surface area (Å²) in [6.45, 7) is 6.34. The van der Waals surface area contributed by atoms with Crippen LogP contribution in [0.25, 0.3) is 0 Å². The SMILES string of the molecule is COC[C@@H]1CCCN1NC(C)C. The lowest BCUT2D eigenvalue weighted by molar-refractivity contribution is 0.0754. The van der Waals surface area contributed by atoms with Crippen molar-refractivity contribution in [2.45, 2.75) is 38.8 Å². The molecule has 1 N–H and O–H groups in total. The molecule has 1 rings (SSSR count). The van der Waals surface area contributed by atoms with Crippen molar-refractivity contribution in [3.05, 3.63) is 0 Å². The molecular formula is C9H20N2O. The van der Waals surface area contributed by atoms with Crippen molar-refractivity contribution < 1.29 is 4.74 Å². The molecule has 0 unspecified atom stereocenters. The lowest BCUT2D eigenvalue weighted by atomic mass is 10.2. The van der Waals surface area contributed by atoms with Crippen LogP contribution in [0.3, 0.4) is 0 Å². The molecule has 0 amide bonds. The quantitative estimate of drug-likeness (QED) is 0.685. The zero-order valence-corrected chi connectivity index (χ0v) is 8.34. The number of rotatable bonds is 4. The van der Waals surface area contributed by atoms with Crippen LogP contribution in [0.2, 0.25) is 0 Å². The lowest BCUT2D eigenvalue weighted by Crippen LogP contribution is -2.46. The van der Waals surface area contributed by atoms with Gasteiger partial charge in [-0.15, -0.1) is 0 Å². The molecule has 12 heavy (non-hydrogen) atoms. The third-order valence-electron chi connectivity index (χ3n) is 2.16. The molecular weight excluding hydrogens is 152 g/mol. The molecule has 0 aromatic rings. The number of methoxy groups -OCH3 is 1. The molecule has 0 aromatic carbocycles. The zero-order chi connectivity index (χ0) is 8.97. The van der Waals surface area contributed by atoms with Gasteiger partial charge in [0.15, 0.2) is 0 Å². The number of hydrogen-bond acceptors (Lipinski definition) is 3. The van der Waals surface area contributed by atoms with Gasteiger partial charge in [0, 0.05) is 25.7 Å². The van der Waals surface area contributed by atoms with E-state index in [-0.39, 0.29) is 0 Å². The van der Waals surface area contributed by atoms with Gasteiger partial charge in [0.25, 0.3) is 0 Å². The van der Waals surface area contributed by atoms with Crippen LogP contribution >= 0.6 is 0 Å². The molecule has 0 aliphatic carbocycles. The number of nitrogens with zero attached hydrogens (tertiary/aromatic N) is 1. The first-order valence-electron chi connectivity index (χ1n) is 4.75. The van der Waals surface area contributed by atoms with Gasteiger partial charge in [0.1, 0.15) is 0 Å². The summed E-state index contributed by atoms with van der Waals surface area (Å²) in [5.41, 5.74) is 3.43. The molecule has 0 bridgehead atoms. The molecule has 1 saturated heterocycles. The summed E-state index contributed by atoms with van der Waals surface area (Å²) in [6, 6.07) is 1.11. The van der Waals surface area contributed by atoms with Gasteiger partial charge in [-0.1, -0.05) is 0 Å². The standard InChI is InChI=1S/C9H20N2O/c1-8(2)10-11-6-4-5-9(11)7-12-3/h8-10H,4-7H2,1-3H3/t9-/m0/s1. The Morgan fingerprint density at radius 2 is 2.33 bits per heavy atom. The first-order valence-corrected chi connectivity index (χ1v) is 4.75. The van der Waals surface area contributed by atoms with Gasteiger partial charge < -0.3 is 4.74 Å². The summed E-state index contributed by atoms with van der Waals surface area (Å²) in [5, 5.41) is 2.31. The molecule has 1 atom stereocenters. The molecule has 0 spiro atoms. The second kappa shape index (κ2) is 4.80. The van der Waals surface area contributed by atoms with E-state index in [4.69, 9.17) is 4.74 Å². The van der Waals surface area contributed by atoms with Crippen molar-refractivity contribution >= 4 is 0 Å². The molecule has 72 valence electrons. The second-order valence-corrected chi connectivity index (χ2v) is 3.73. The van der Waals surface area contributed by atoms with E-state index in [1.165, 1.54) is 12.8 Å². The van der Waals surface area contributed by atoms with Gasteiger partial charge in [0.05, 0.1) is 6.61 Å². The Kier molecular flexibility index (Phi) is 3.98. The van der Waals surface area contributed by atoms with Crippen LogP contribution in [-0.4, -0.2) is 37.4 Å². The molecule has 0 radical (unpaired) electrons. The third kappa shape index (κ3) is 2.73. The van der Waals surface area contributed by atoms with Crippen LogP contribution in [0.15, 0.2) is 0 Å². The fraction of sp³-hybridized carbons (Fsp3) is 1.00. The normalized spacial score (nSPS) is 25.5. The van der Waals surface area contributed by atoms with E-state index in [1.54, 1.807) is 7.11 Å². The number of hydrogen-bond donors (Lipinski definition) is 1. The van der Waals surface area contributed by atoms with Crippen LogP contribution in [0.5, 0.6) is 0 Å². The Hall–Kier alpha value is -0.120. The Balaban J connectivity index is 2.30. The van der Waals surface area contributed by atoms with Crippen LogP contribution in [-0.2, 0) is 4.74 Å². The first-order chi connectivity index (χ1) is 5.74. The molecule has 1 heterocycles. The van der Waals surface area contributed by atoms with Crippen molar-refractivity contribution in [3.8, 4) is 0 Å². The Labute approximate surface area is 75.0 Å². The topological polar surface area (TPSA) is 24.5 Å². The maximum atomic E-state index is 5.16. The highest BCUT2D eigenvalue weighted by Gasteiger charge is 2.24. The van der Waals surface area contributed by atoms with E-state index in [1.807, 2.05) is 0 Å². The minimum absolute atomic E-state index is 0.530. The molecule has 3 nitrogen and oxygen atoms in total. The summed E-state index contributed by atoms with van der Waals surface area (Å²) in [4.78, 5) is 0. The fourth-order valence-corrected chi connectivity index (χ4v) is 1.70. The van der Waals surface area contributed by atoms with E-state index in [0.29, 0.717) is 12.1 Å². The van der Waals surface area contributed by atoms with Gasteiger partial charge in [0.2, 0.25) is 0 Å². The average molecular weight is 172 g/mol. The lowest BCUT2D eigenvalue weighted by Gasteiger charge is -2.26. The highest BCUT2D eigenvalue weighted by Crippen LogP contribution is 2.14. The molecule has 0 saturated carbocycles. The van der Waals surface area contributed by atoms with Crippen molar-refractivity contribution in [2.24, 2.45) is 0 Å². The Morgan fingerprint density at radius 3 is 2.92 bits per heavy atom. The predicted octanol–water partition coefficient (Wildman–Crippen LogP) is 1.01. The Morgan fingerprint density at radius 1 is 1.58 bits per heavy atom. The maximum Gasteiger partial charge on any atom is 0.0632 e.